The predicted molar refractivity (Wildman–Crippen MR) is 98.8 cm³/mol. The Labute approximate surface area is 147 Å². The van der Waals surface area contributed by atoms with E-state index in [0.717, 1.165) is 19.6 Å². The lowest BCUT2D eigenvalue weighted by molar-refractivity contribution is 0.100. The summed E-state index contributed by atoms with van der Waals surface area (Å²) in [6.45, 7) is 5.89. The molecule has 0 aliphatic heterocycles. The largest absolute Gasteiger partial charge is 0.365 e. The Bertz CT molecular complexity index is 753. The topological polar surface area (TPSA) is 72.2 Å². The monoisotopic (exact) mass is 428 g/mol. The van der Waals surface area contributed by atoms with E-state index in [2.05, 4.69) is 27.9 Å². The van der Waals surface area contributed by atoms with Crippen LogP contribution in [0.2, 0.25) is 0 Å². The second kappa shape index (κ2) is 6.78. The van der Waals surface area contributed by atoms with Gasteiger partial charge in [0.1, 0.15) is 5.00 Å². The minimum Gasteiger partial charge on any atom is -0.365 e. The summed E-state index contributed by atoms with van der Waals surface area (Å²) in [5.41, 5.74) is 8.50. The van der Waals surface area contributed by atoms with Crippen LogP contribution in [-0.2, 0) is 6.42 Å². The number of benzene rings is 1. The molecule has 6 heteroatoms. The van der Waals surface area contributed by atoms with Crippen LogP contribution in [0.3, 0.4) is 0 Å². The van der Waals surface area contributed by atoms with Crippen molar-refractivity contribution in [2.24, 2.45) is 5.73 Å². The van der Waals surface area contributed by atoms with Crippen LogP contribution < -0.4 is 11.1 Å². The van der Waals surface area contributed by atoms with E-state index >= 15 is 0 Å². The third kappa shape index (κ3) is 3.33. The molecule has 116 valence electrons. The maximum Gasteiger partial charge on any atom is 0.256 e. The summed E-state index contributed by atoms with van der Waals surface area (Å²) in [4.78, 5) is 25.1. The number of carbonyl (C=O) groups is 2. The molecule has 0 aliphatic rings. The number of nitrogens with one attached hydrogen (secondary N) is 1. The fraction of sp³-hybridized carbons (Fsp3) is 0.250. The number of thiophene rings is 1. The van der Waals surface area contributed by atoms with E-state index in [4.69, 9.17) is 5.73 Å². The molecule has 3 N–H and O–H groups in total. The normalized spacial score (nSPS) is 10.5. The van der Waals surface area contributed by atoms with Gasteiger partial charge in [-0.1, -0.05) is 13.0 Å². The van der Waals surface area contributed by atoms with E-state index in [1.807, 2.05) is 32.9 Å². The van der Waals surface area contributed by atoms with Gasteiger partial charge >= 0.3 is 0 Å². The first-order valence-corrected chi connectivity index (χ1v) is 8.74. The van der Waals surface area contributed by atoms with Crippen molar-refractivity contribution in [3.63, 3.8) is 0 Å². The van der Waals surface area contributed by atoms with Crippen molar-refractivity contribution in [2.45, 2.75) is 27.2 Å². The van der Waals surface area contributed by atoms with Crippen molar-refractivity contribution >= 4 is 50.7 Å². The van der Waals surface area contributed by atoms with Crippen LogP contribution in [0.15, 0.2) is 18.2 Å². The lowest BCUT2D eigenvalue weighted by Crippen LogP contribution is -2.18. The zero-order valence-corrected chi connectivity index (χ0v) is 15.6. The number of nitrogens with two attached hydrogens (primary N) is 1. The van der Waals surface area contributed by atoms with Gasteiger partial charge in [-0.25, -0.2) is 0 Å². The number of aryl methyl sites for hydroxylation is 2. The van der Waals surface area contributed by atoms with Gasteiger partial charge in [0.05, 0.1) is 5.56 Å². The van der Waals surface area contributed by atoms with Crippen molar-refractivity contribution in [3.05, 3.63) is 48.9 Å². The second-order valence-electron chi connectivity index (χ2n) is 4.98. The molecule has 4 nitrogen and oxygen atoms in total. The number of rotatable bonds is 4. The highest BCUT2D eigenvalue weighted by Crippen LogP contribution is 2.33. The van der Waals surface area contributed by atoms with Crippen molar-refractivity contribution < 1.29 is 9.59 Å². The third-order valence-corrected chi connectivity index (χ3v) is 5.70. The first-order valence-electron chi connectivity index (χ1n) is 6.84. The number of primary amides is 1. The molecule has 0 unspecified atom stereocenters. The summed E-state index contributed by atoms with van der Waals surface area (Å²) in [6, 6.07) is 5.51. The Morgan fingerprint density at radius 1 is 1.32 bits per heavy atom. The predicted octanol–water partition coefficient (Wildman–Crippen LogP) is 3.88. The minimum absolute atomic E-state index is 0.232. The van der Waals surface area contributed by atoms with Crippen LogP contribution in [0, 0.1) is 17.4 Å². The van der Waals surface area contributed by atoms with Gasteiger partial charge in [0.2, 0.25) is 0 Å². The SMILES string of the molecule is CCc1c(C)sc(NC(=O)c2ccc(C)c(I)c2)c1C(N)=O. The van der Waals surface area contributed by atoms with E-state index in [9.17, 15) is 9.59 Å². The maximum absolute atomic E-state index is 12.4. The molecule has 2 rings (SSSR count). The van der Waals surface area contributed by atoms with E-state index < -0.39 is 5.91 Å². The molecule has 0 fully saturated rings. The molecule has 0 atom stereocenters. The van der Waals surface area contributed by atoms with Gasteiger partial charge < -0.3 is 11.1 Å². The average molecular weight is 428 g/mol. The molecular weight excluding hydrogens is 411 g/mol. The fourth-order valence-corrected chi connectivity index (χ4v) is 3.92. The molecule has 0 spiro atoms. The summed E-state index contributed by atoms with van der Waals surface area (Å²) in [5.74, 6) is -0.737. The van der Waals surface area contributed by atoms with Crippen molar-refractivity contribution in [2.75, 3.05) is 5.32 Å². The van der Waals surface area contributed by atoms with Gasteiger partial charge in [0, 0.05) is 14.0 Å². The zero-order chi connectivity index (χ0) is 16.4. The summed E-state index contributed by atoms with van der Waals surface area (Å²) in [7, 11) is 0. The van der Waals surface area contributed by atoms with Crippen molar-refractivity contribution in [3.8, 4) is 0 Å². The number of halogens is 1. The lowest BCUT2D eigenvalue weighted by atomic mass is 10.1. The molecule has 22 heavy (non-hydrogen) atoms. The molecule has 1 heterocycles. The summed E-state index contributed by atoms with van der Waals surface area (Å²) >= 11 is 3.59. The number of amides is 2. The molecule has 0 bridgehead atoms. The molecule has 0 aliphatic carbocycles. The minimum atomic E-state index is -0.505. The van der Waals surface area contributed by atoms with Crippen molar-refractivity contribution in [1.29, 1.82) is 0 Å². The van der Waals surface area contributed by atoms with E-state index in [1.165, 1.54) is 11.3 Å². The van der Waals surface area contributed by atoms with Gasteiger partial charge in [-0.05, 0) is 66.1 Å². The molecule has 0 radical (unpaired) electrons. The first kappa shape index (κ1) is 17.0. The van der Waals surface area contributed by atoms with Crippen LogP contribution in [0.1, 0.15) is 43.6 Å². The van der Waals surface area contributed by atoms with Gasteiger partial charge in [0.25, 0.3) is 11.8 Å². The van der Waals surface area contributed by atoms with E-state index in [0.29, 0.717) is 22.5 Å². The number of carbonyl (C=O) groups excluding carboxylic acids is 2. The molecule has 0 saturated carbocycles. The average Bonchev–Trinajstić information content (AvgIpc) is 2.77. The highest BCUT2D eigenvalue weighted by molar-refractivity contribution is 14.1. The highest BCUT2D eigenvalue weighted by Gasteiger charge is 2.21. The smallest absolute Gasteiger partial charge is 0.256 e. The Hall–Kier alpha value is -1.41. The molecule has 2 amide bonds. The quantitative estimate of drug-likeness (QED) is 0.726. The Morgan fingerprint density at radius 3 is 2.55 bits per heavy atom. The van der Waals surface area contributed by atoms with Crippen LogP contribution >= 0.6 is 33.9 Å². The van der Waals surface area contributed by atoms with E-state index in [-0.39, 0.29) is 5.91 Å². The van der Waals surface area contributed by atoms with Gasteiger partial charge in [-0.3, -0.25) is 9.59 Å². The molecule has 1 aromatic heterocycles. The Morgan fingerprint density at radius 2 is 2.00 bits per heavy atom. The third-order valence-electron chi connectivity index (χ3n) is 3.47. The second-order valence-corrected chi connectivity index (χ2v) is 7.36. The number of hydrogen-bond acceptors (Lipinski definition) is 3. The van der Waals surface area contributed by atoms with Crippen LogP contribution in [-0.4, -0.2) is 11.8 Å². The lowest BCUT2D eigenvalue weighted by Gasteiger charge is -2.07. The van der Waals surface area contributed by atoms with Gasteiger partial charge in [0.15, 0.2) is 0 Å². The van der Waals surface area contributed by atoms with E-state index in [1.54, 1.807) is 6.07 Å². The van der Waals surface area contributed by atoms with Gasteiger partial charge in [-0.15, -0.1) is 11.3 Å². The zero-order valence-electron chi connectivity index (χ0n) is 12.6. The summed E-state index contributed by atoms with van der Waals surface area (Å²) < 4.78 is 1.02. The summed E-state index contributed by atoms with van der Waals surface area (Å²) in [5, 5.41) is 3.36. The van der Waals surface area contributed by atoms with Gasteiger partial charge in [-0.2, -0.15) is 0 Å². The molecular formula is C16H17IN2O2S. The summed E-state index contributed by atoms with van der Waals surface area (Å²) in [6.07, 6.45) is 0.707. The Kier molecular flexibility index (Phi) is 5.23. The van der Waals surface area contributed by atoms with Crippen LogP contribution in [0.25, 0.3) is 0 Å². The van der Waals surface area contributed by atoms with Crippen LogP contribution in [0.4, 0.5) is 5.00 Å². The number of anilines is 1. The number of hydrogen-bond donors (Lipinski definition) is 2. The molecule has 1 aromatic carbocycles. The molecule has 0 saturated heterocycles. The standard InChI is InChI=1S/C16H17IN2O2S/c1-4-11-9(3)22-16(13(11)14(18)20)19-15(21)10-6-5-8(2)12(17)7-10/h5-7H,4H2,1-3H3,(H2,18,20)(H,19,21). The van der Waals surface area contributed by atoms with Crippen molar-refractivity contribution in [1.82, 2.24) is 0 Å². The Balaban J connectivity index is 2.36. The van der Waals surface area contributed by atoms with Crippen LogP contribution in [0.5, 0.6) is 0 Å². The first-order chi connectivity index (χ1) is 10.3. The molecule has 2 aromatic rings. The maximum atomic E-state index is 12.4. The fourth-order valence-electron chi connectivity index (χ4n) is 2.26. The highest BCUT2D eigenvalue weighted by atomic mass is 127.